The second-order valence-corrected chi connectivity index (χ2v) is 19.2. The van der Waals surface area contributed by atoms with Crippen molar-refractivity contribution in [2.75, 3.05) is 0 Å². The van der Waals surface area contributed by atoms with E-state index in [-0.39, 0.29) is 0 Å². The van der Waals surface area contributed by atoms with Gasteiger partial charge in [-0.3, -0.25) is 0 Å². The van der Waals surface area contributed by atoms with Crippen molar-refractivity contribution in [2.24, 2.45) is 0 Å². The molecule has 0 fully saturated rings. The Bertz CT molecular complexity index is 2290. The van der Waals surface area contributed by atoms with Crippen LogP contribution in [0.2, 0.25) is 0 Å². The molecule has 0 saturated carbocycles. The molecule has 0 aromatic heterocycles. The van der Waals surface area contributed by atoms with Crippen molar-refractivity contribution in [3.05, 3.63) is 179 Å². The Labute approximate surface area is 399 Å². The third kappa shape index (κ3) is 15.3. The largest absolute Gasteiger partial charge is 0.514 e. The molecule has 356 valence electrons. The number of ether oxygens (including phenoxy) is 9. The number of hydrogen-bond acceptors (Lipinski definition) is 12. The fourth-order valence-electron chi connectivity index (χ4n) is 6.72. The summed E-state index contributed by atoms with van der Waals surface area (Å²) < 4.78 is 50.2. The van der Waals surface area contributed by atoms with Gasteiger partial charge in [-0.2, -0.15) is 0 Å². The topological polar surface area (TPSA) is 134 Å². The highest BCUT2D eigenvalue weighted by atomic mass is 16.7. The van der Waals surface area contributed by atoms with Crippen LogP contribution in [0.3, 0.4) is 0 Å². The predicted octanol–water partition coefficient (Wildman–Crippen LogP) is 13.7. The van der Waals surface area contributed by atoms with Crippen molar-refractivity contribution >= 4 is 18.5 Å². The highest BCUT2D eigenvalue weighted by molar-refractivity contribution is 5.65. The summed E-state index contributed by atoms with van der Waals surface area (Å²) in [6.07, 6.45) is -2.28. The molecule has 0 aliphatic carbocycles. The first-order valence-electron chi connectivity index (χ1n) is 22.3. The Morgan fingerprint density at radius 3 is 0.721 bits per heavy atom. The fourth-order valence-corrected chi connectivity index (χ4v) is 6.72. The van der Waals surface area contributed by atoms with Crippen LogP contribution in [0.5, 0.6) is 34.5 Å². The maximum Gasteiger partial charge on any atom is 0.514 e. The molecule has 0 atom stereocenters. The summed E-state index contributed by atoms with van der Waals surface area (Å²) in [5.41, 5.74) is 3.19. The zero-order chi connectivity index (χ0) is 49.1. The van der Waals surface area contributed by atoms with Gasteiger partial charge in [0.1, 0.15) is 71.1 Å². The third-order valence-corrected chi connectivity index (χ3v) is 10.1. The lowest BCUT2D eigenvalue weighted by molar-refractivity contribution is 0.0193. The van der Waals surface area contributed by atoms with E-state index in [9.17, 15) is 14.4 Å². The zero-order valence-electron chi connectivity index (χ0n) is 40.4. The van der Waals surface area contributed by atoms with E-state index in [1.54, 1.807) is 98.7 Å². The highest BCUT2D eigenvalue weighted by Gasteiger charge is 2.32. The van der Waals surface area contributed by atoms with Crippen LogP contribution in [0.4, 0.5) is 14.4 Å². The van der Waals surface area contributed by atoms with Gasteiger partial charge >= 0.3 is 18.5 Å². The average molecular weight is 925 g/mol. The SMILES string of the molecule is CC(C)(C)OC(=O)Oc1ccc(COc2ccc(C(C)(c3ccc(OCc4ccc(OC(=O)OC(C)(C)C)cc4)cc3)c3ccc(OCc4ccc(OC(=O)OC(C)(C)C)cc4)cc3)cc2)cc1. The minimum absolute atomic E-state index is 0.306. The molecule has 0 radical (unpaired) electrons. The Hall–Kier alpha value is -7.47. The maximum absolute atomic E-state index is 12.1. The standard InChI is InChI=1S/C56H60O12/c1-53(2,3)66-50(57)63-47-23-11-38(12-24-47)35-60-44-29-17-41(18-30-44)56(10,42-19-31-45(32-20-42)61-36-39-13-25-48(26-14-39)64-51(58)67-54(4,5)6)43-21-33-46(34-22-43)62-37-40-15-27-49(28-16-40)65-52(59)68-55(7,8)9/h11-34H,35-37H2,1-10H3. The quantitative estimate of drug-likeness (QED) is 0.0420. The molecule has 0 aliphatic rings. The lowest BCUT2D eigenvalue weighted by Gasteiger charge is -2.32. The maximum atomic E-state index is 12.1. The second kappa shape index (κ2) is 21.4. The summed E-state index contributed by atoms with van der Waals surface area (Å²) in [6, 6.07) is 45.4. The van der Waals surface area contributed by atoms with Gasteiger partial charge in [0.15, 0.2) is 0 Å². The van der Waals surface area contributed by atoms with E-state index in [1.807, 2.05) is 72.8 Å². The van der Waals surface area contributed by atoms with Crippen molar-refractivity contribution in [1.82, 2.24) is 0 Å². The molecule has 0 saturated heterocycles. The Morgan fingerprint density at radius 1 is 0.309 bits per heavy atom. The molecule has 0 amide bonds. The van der Waals surface area contributed by atoms with Crippen LogP contribution in [0.1, 0.15) is 103 Å². The molecule has 0 aliphatic heterocycles. The molecule has 68 heavy (non-hydrogen) atoms. The number of carbonyl (C=O) groups is 3. The minimum atomic E-state index is -0.761. The number of hydrogen-bond donors (Lipinski definition) is 0. The molecule has 0 N–H and O–H groups in total. The Morgan fingerprint density at radius 2 is 0.515 bits per heavy atom. The number of rotatable bonds is 15. The predicted molar refractivity (Wildman–Crippen MR) is 258 cm³/mol. The summed E-state index contributed by atoms with van der Waals surface area (Å²) in [5, 5.41) is 0. The normalized spacial score (nSPS) is 11.7. The third-order valence-electron chi connectivity index (χ3n) is 10.1. The van der Waals surface area contributed by atoms with E-state index in [0.717, 1.165) is 33.4 Å². The molecule has 6 aromatic rings. The van der Waals surface area contributed by atoms with Gasteiger partial charge in [0.2, 0.25) is 0 Å². The minimum Gasteiger partial charge on any atom is -0.489 e. The van der Waals surface area contributed by atoms with Crippen LogP contribution in [0.25, 0.3) is 0 Å². The van der Waals surface area contributed by atoms with Gasteiger partial charge in [-0.1, -0.05) is 72.8 Å². The van der Waals surface area contributed by atoms with Gasteiger partial charge in [-0.15, -0.1) is 0 Å². The van der Waals surface area contributed by atoms with Crippen molar-refractivity contribution in [3.8, 4) is 34.5 Å². The van der Waals surface area contributed by atoms with Gasteiger partial charge in [-0.25, -0.2) is 14.4 Å². The first-order valence-corrected chi connectivity index (χ1v) is 22.3. The molecular weight excluding hydrogens is 865 g/mol. The first kappa shape index (κ1) is 50.0. The van der Waals surface area contributed by atoms with E-state index >= 15 is 0 Å². The van der Waals surface area contributed by atoms with Gasteiger partial charge in [-0.05, 0) is 175 Å². The van der Waals surface area contributed by atoms with Gasteiger partial charge in [0, 0.05) is 5.41 Å². The average Bonchev–Trinajstić information content (AvgIpc) is 3.26. The highest BCUT2D eigenvalue weighted by Crippen LogP contribution is 2.41. The molecular formula is C56H60O12. The second-order valence-electron chi connectivity index (χ2n) is 19.2. The van der Waals surface area contributed by atoms with Crippen molar-refractivity contribution in [3.63, 3.8) is 0 Å². The van der Waals surface area contributed by atoms with Crippen LogP contribution in [-0.2, 0) is 39.4 Å². The monoisotopic (exact) mass is 924 g/mol. The number of carbonyl (C=O) groups excluding carboxylic acids is 3. The van der Waals surface area contributed by atoms with E-state index in [0.29, 0.717) is 54.3 Å². The molecule has 6 rings (SSSR count). The summed E-state index contributed by atoms with van der Waals surface area (Å²) in [5.74, 6) is 3.19. The van der Waals surface area contributed by atoms with Gasteiger partial charge in [0.25, 0.3) is 0 Å². The Balaban J connectivity index is 1.14. The van der Waals surface area contributed by atoms with Crippen molar-refractivity contribution in [2.45, 2.75) is 111 Å². The van der Waals surface area contributed by atoms with Crippen LogP contribution < -0.4 is 28.4 Å². The molecule has 6 aromatic carbocycles. The van der Waals surface area contributed by atoms with Crippen LogP contribution in [-0.4, -0.2) is 35.3 Å². The van der Waals surface area contributed by atoms with Crippen molar-refractivity contribution < 1.29 is 57.0 Å². The molecule has 12 heteroatoms. The van der Waals surface area contributed by atoms with Crippen LogP contribution in [0.15, 0.2) is 146 Å². The molecule has 0 unspecified atom stereocenters. The lowest BCUT2D eigenvalue weighted by Crippen LogP contribution is -2.25. The number of benzene rings is 6. The van der Waals surface area contributed by atoms with Crippen LogP contribution in [0, 0.1) is 0 Å². The summed E-state index contributed by atoms with van der Waals surface area (Å²) in [7, 11) is 0. The van der Waals surface area contributed by atoms with E-state index < -0.39 is 40.7 Å². The fraction of sp³-hybridized carbons (Fsp3) is 0.304. The molecule has 12 nitrogen and oxygen atoms in total. The van der Waals surface area contributed by atoms with Crippen molar-refractivity contribution in [1.29, 1.82) is 0 Å². The van der Waals surface area contributed by atoms with E-state index in [4.69, 9.17) is 42.6 Å². The lowest BCUT2D eigenvalue weighted by atomic mass is 9.71. The smallest absolute Gasteiger partial charge is 0.489 e. The summed E-state index contributed by atoms with van der Waals surface area (Å²) in [6.45, 7) is 19.1. The van der Waals surface area contributed by atoms with E-state index in [1.165, 1.54) is 0 Å². The molecule has 0 bridgehead atoms. The van der Waals surface area contributed by atoms with E-state index in [2.05, 4.69) is 43.3 Å². The summed E-state index contributed by atoms with van der Waals surface area (Å²) >= 11 is 0. The van der Waals surface area contributed by atoms with Crippen LogP contribution >= 0.6 is 0 Å². The Kier molecular flexibility index (Phi) is 15.7. The zero-order valence-corrected chi connectivity index (χ0v) is 40.4. The molecule has 0 spiro atoms. The molecule has 0 heterocycles. The summed E-state index contributed by atoms with van der Waals surface area (Å²) in [4.78, 5) is 36.3. The van der Waals surface area contributed by atoms with Gasteiger partial charge in [0.05, 0.1) is 0 Å². The van der Waals surface area contributed by atoms with Gasteiger partial charge < -0.3 is 42.6 Å². The first-order chi connectivity index (χ1) is 32.1.